The van der Waals surface area contributed by atoms with Crippen molar-refractivity contribution in [1.82, 2.24) is 9.78 Å². The van der Waals surface area contributed by atoms with Gasteiger partial charge < -0.3 is 0 Å². The summed E-state index contributed by atoms with van der Waals surface area (Å²) in [6.45, 7) is 3.95. The summed E-state index contributed by atoms with van der Waals surface area (Å²) in [4.78, 5) is 0. The van der Waals surface area contributed by atoms with Gasteiger partial charge in [-0.25, -0.2) is 0 Å². The second-order valence-electron chi connectivity index (χ2n) is 2.60. The standard InChI is InChI=1S/C9H11ClN2/c1-7-9(5-4-6-10)8(2)12(3)11-7/h6H2,1-3H3. The molecule has 1 aromatic rings. The molecule has 0 radical (unpaired) electrons. The van der Waals surface area contributed by atoms with Gasteiger partial charge in [-0.3, -0.25) is 4.68 Å². The van der Waals surface area contributed by atoms with Crippen LogP contribution in [0.4, 0.5) is 0 Å². The molecule has 0 aliphatic carbocycles. The monoisotopic (exact) mass is 182 g/mol. The van der Waals surface area contributed by atoms with Crippen molar-refractivity contribution in [3.05, 3.63) is 17.0 Å². The van der Waals surface area contributed by atoms with Crippen LogP contribution in [0.2, 0.25) is 0 Å². The highest BCUT2D eigenvalue weighted by molar-refractivity contribution is 6.19. The molecule has 1 rings (SSSR count). The van der Waals surface area contributed by atoms with Gasteiger partial charge in [0.15, 0.2) is 0 Å². The van der Waals surface area contributed by atoms with Crippen molar-refractivity contribution in [2.45, 2.75) is 13.8 Å². The fourth-order valence-corrected chi connectivity index (χ4v) is 1.14. The highest BCUT2D eigenvalue weighted by atomic mass is 35.5. The van der Waals surface area contributed by atoms with Crippen LogP contribution in [0.5, 0.6) is 0 Å². The Labute approximate surface area is 77.5 Å². The van der Waals surface area contributed by atoms with Gasteiger partial charge in [-0.05, 0) is 13.8 Å². The number of halogens is 1. The van der Waals surface area contributed by atoms with Crippen LogP contribution in [0, 0.1) is 25.7 Å². The van der Waals surface area contributed by atoms with E-state index in [1.165, 1.54) is 0 Å². The normalized spacial score (nSPS) is 9.33. The number of rotatable bonds is 0. The molecule has 0 amide bonds. The van der Waals surface area contributed by atoms with Crippen LogP contribution >= 0.6 is 11.6 Å². The molecule has 0 aromatic carbocycles. The Hall–Kier alpha value is -0.940. The fraction of sp³-hybridized carbons (Fsp3) is 0.444. The Kier molecular flexibility index (Phi) is 2.78. The van der Waals surface area contributed by atoms with E-state index in [4.69, 9.17) is 11.6 Å². The first-order valence-electron chi connectivity index (χ1n) is 3.72. The van der Waals surface area contributed by atoms with Crippen LogP contribution in [0.25, 0.3) is 0 Å². The van der Waals surface area contributed by atoms with E-state index in [1.807, 2.05) is 25.6 Å². The highest BCUT2D eigenvalue weighted by Crippen LogP contribution is 2.09. The van der Waals surface area contributed by atoms with Gasteiger partial charge in [-0.2, -0.15) is 5.10 Å². The number of aromatic nitrogens is 2. The highest BCUT2D eigenvalue weighted by Gasteiger charge is 2.05. The maximum absolute atomic E-state index is 5.46. The lowest BCUT2D eigenvalue weighted by molar-refractivity contribution is 0.731. The summed E-state index contributed by atoms with van der Waals surface area (Å²) in [6.07, 6.45) is 0. The molecule has 0 aliphatic rings. The van der Waals surface area contributed by atoms with Crippen molar-refractivity contribution in [1.29, 1.82) is 0 Å². The van der Waals surface area contributed by atoms with E-state index in [2.05, 4.69) is 16.9 Å². The van der Waals surface area contributed by atoms with Crippen molar-refractivity contribution in [2.24, 2.45) is 7.05 Å². The second kappa shape index (κ2) is 3.64. The molecule has 0 N–H and O–H groups in total. The SMILES string of the molecule is Cc1nn(C)c(C)c1C#CCCl. The largest absolute Gasteiger partial charge is 0.271 e. The lowest BCUT2D eigenvalue weighted by Gasteiger charge is -1.90. The number of hydrogen-bond donors (Lipinski definition) is 0. The maximum Gasteiger partial charge on any atom is 0.0839 e. The third kappa shape index (κ3) is 1.62. The summed E-state index contributed by atoms with van der Waals surface area (Å²) >= 11 is 5.46. The Balaban J connectivity index is 3.14. The lowest BCUT2D eigenvalue weighted by atomic mass is 10.2. The van der Waals surface area contributed by atoms with E-state index >= 15 is 0 Å². The summed E-state index contributed by atoms with van der Waals surface area (Å²) in [7, 11) is 1.91. The maximum atomic E-state index is 5.46. The van der Waals surface area contributed by atoms with Crippen LogP contribution in [-0.4, -0.2) is 15.7 Å². The van der Waals surface area contributed by atoms with Gasteiger partial charge in [-0.15, -0.1) is 11.6 Å². The zero-order valence-electron chi connectivity index (χ0n) is 7.48. The minimum atomic E-state index is 0.369. The number of nitrogens with zero attached hydrogens (tertiary/aromatic N) is 2. The molecule has 0 fully saturated rings. The second-order valence-corrected chi connectivity index (χ2v) is 2.87. The zero-order chi connectivity index (χ0) is 9.14. The average molecular weight is 183 g/mol. The van der Waals surface area contributed by atoms with Crippen LogP contribution in [0.3, 0.4) is 0 Å². The van der Waals surface area contributed by atoms with E-state index in [0.717, 1.165) is 17.0 Å². The third-order valence-electron chi connectivity index (χ3n) is 1.79. The number of aryl methyl sites for hydroxylation is 2. The number of alkyl halides is 1. The summed E-state index contributed by atoms with van der Waals surface area (Å²) < 4.78 is 1.83. The molecule has 0 unspecified atom stereocenters. The van der Waals surface area contributed by atoms with Gasteiger partial charge in [0.1, 0.15) is 0 Å². The quantitative estimate of drug-likeness (QED) is 0.441. The van der Waals surface area contributed by atoms with Gasteiger partial charge in [0.2, 0.25) is 0 Å². The first-order valence-corrected chi connectivity index (χ1v) is 4.25. The van der Waals surface area contributed by atoms with Crippen molar-refractivity contribution < 1.29 is 0 Å². The Bertz CT molecular complexity index is 341. The lowest BCUT2D eigenvalue weighted by Crippen LogP contribution is -1.92. The summed E-state index contributed by atoms with van der Waals surface area (Å²) in [6, 6.07) is 0. The van der Waals surface area contributed by atoms with Gasteiger partial charge in [0, 0.05) is 7.05 Å². The summed E-state index contributed by atoms with van der Waals surface area (Å²) in [5, 5.41) is 4.23. The smallest absolute Gasteiger partial charge is 0.0839 e. The third-order valence-corrected chi connectivity index (χ3v) is 1.92. The van der Waals surface area contributed by atoms with E-state index < -0.39 is 0 Å². The molecular weight excluding hydrogens is 172 g/mol. The first kappa shape index (κ1) is 9.15. The van der Waals surface area contributed by atoms with Crippen LogP contribution < -0.4 is 0 Å². The Morgan fingerprint density at radius 2 is 2.17 bits per heavy atom. The van der Waals surface area contributed by atoms with Gasteiger partial charge in [-0.1, -0.05) is 11.8 Å². The molecule has 2 nitrogen and oxygen atoms in total. The van der Waals surface area contributed by atoms with Gasteiger partial charge in [0.25, 0.3) is 0 Å². The van der Waals surface area contributed by atoms with Crippen molar-refractivity contribution in [3.63, 3.8) is 0 Å². The van der Waals surface area contributed by atoms with Gasteiger partial charge >= 0.3 is 0 Å². The Morgan fingerprint density at radius 1 is 1.50 bits per heavy atom. The molecule has 0 saturated heterocycles. The van der Waals surface area contributed by atoms with E-state index in [1.54, 1.807) is 0 Å². The van der Waals surface area contributed by atoms with E-state index in [0.29, 0.717) is 5.88 Å². The Morgan fingerprint density at radius 3 is 2.58 bits per heavy atom. The van der Waals surface area contributed by atoms with Crippen molar-refractivity contribution in [2.75, 3.05) is 5.88 Å². The molecule has 1 aromatic heterocycles. The predicted octanol–water partition coefficient (Wildman–Crippen LogP) is 1.63. The molecule has 64 valence electrons. The van der Waals surface area contributed by atoms with Crippen molar-refractivity contribution in [3.8, 4) is 11.8 Å². The molecule has 0 spiro atoms. The topological polar surface area (TPSA) is 17.8 Å². The van der Waals surface area contributed by atoms with E-state index in [9.17, 15) is 0 Å². The van der Waals surface area contributed by atoms with Crippen LogP contribution in [-0.2, 0) is 7.05 Å². The number of hydrogen-bond acceptors (Lipinski definition) is 1. The molecule has 0 saturated carbocycles. The molecule has 12 heavy (non-hydrogen) atoms. The molecule has 0 bridgehead atoms. The molecule has 0 atom stereocenters. The molecular formula is C9H11ClN2. The molecule has 1 heterocycles. The van der Waals surface area contributed by atoms with Crippen LogP contribution in [0.15, 0.2) is 0 Å². The van der Waals surface area contributed by atoms with Crippen molar-refractivity contribution >= 4 is 11.6 Å². The van der Waals surface area contributed by atoms with Gasteiger partial charge in [0.05, 0.1) is 22.8 Å². The van der Waals surface area contributed by atoms with E-state index in [-0.39, 0.29) is 0 Å². The minimum absolute atomic E-state index is 0.369. The summed E-state index contributed by atoms with van der Waals surface area (Å²) in [5.41, 5.74) is 3.05. The molecule has 0 aliphatic heterocycles. The van der Waals surface area contributed by atoms with Crippen LogP contribution in [0.1, 0.15) is 17.0 Å². The summed E-state index contributed by atoms with van der Waals surface area (Å²) in [5.74, 6) is 6.18. The minimum Gasteiger partial charge on any atom is -0.271 e. The molecule has 3 heteroatoms. The first-order chi connectivity index (χ1) is 5.66. The zero-order valence-corrected chi connectivity index (χ0v) is 8.24. The fourth-order valence-electron chi connectivity index (χ4n) is 1.08. The average Bonchev–Trinajstić information content (AvgIpc) is 2.25. The predicted molar refractivity (Wildman–Crippen MR) is 50.3 cm³/mol.